The average Bonchev–Trinajstić information content (AvgIpc) is 3.39. The fraction of sp³-hybridized carbons (Fsp3) is 0.534. The fourth-order valence-electron chi connectivity index (χ4n) is 10.9. The lowest BCUT2D eigenvalue weighted by atomic mass is 9.55. The van der Waals surface area contributed by atoms with E-state index in [2.05, 4.69) is 24.9 Å². The van der Waals surface area contributed by atoms with E-state index in [0.29, 0.717) is 60.6 Å². The Balaban J connectivity index is 1.43. The van der Waals surface area contributed by atoms with Crippen molar-refractivity contribution in [2.45, 2.75) is 147 Å². The van der Waals surface area contributed by atoms with Gasteiger partial charge in [0, 0.05) is 62.4 Å². The van der Waals surface area contributed by atoms with E-state index in [-0.39, 0.29) is 62.8 Å². The number of benzene rings is 3. The number of carbonyl (C=O) groups excluding carboxylic acids is 2. The molecule has 6 atom stereocenters. The third-order valence-electron chi connectivity index (χ3n) is 14.4. The molecule has 14 nitrogen and oxygen atoms in total. The third kappa shape index (κ3) is 15.3. The van der Waals surface area contributed by atoms with E-state index in [1.165, 1.54) is 75.3 Å². The predicted molar refractivity (Wildman–Crippen MR) is 282 cm³/mol. The van der Waals surface area contributed by atoms with Gasteiger partial charge in [-0.15, -0.1) is 6.58 Å². The summed E-state index contributed by atoms with van der Waals surface area (Å²) < 4.78 is 34.9. The summed E-state index contributed by atoms with van der Waals surface area (Å²) in [6.45, 7) is 8.98. The van der Waals surface area contributed by atoms with Gasteiger partial charge < -0.3 is 39.5 Å². The Morgan fingerprint density at radius 2 is 1.60 bits per heavy atom. The third-order valence-corrected chi connectivity index (χ3v) is 14.4. The molecule has 3 aliphatic rings. The molecule has 2 aliphatic carbocycles. The zero-order valence-electron chi connectivity index (χ0n) is 42.9. The number of rotatable bonds is 31. The van der Waals surface area contributed by atoms with Crippen molar-refractivity contribution >= 4 is 29.5 Å². The summed E-state index contributed by atoms with van der Waals surface area (Å²) in [5.41, 5.74) is 3.34. The van der Waals surface area contributed by atoms with Gasteiger partial charge in [0.15, 0.2) is 0 Å². The van der Waals surface area contributed by atoms with Crippen LogP contribution in [0.4, 0.5) is 14.9 Å². The molecule has 3 aromatic carbocycles. The molecule has 3 N–H and O–H groups in total. The smallest absolute Gasteiger partial charge is 0.412 e. The van der Waals surface area contributed by atoms with E-state index in [1.54, 1.807) is 53.5 Å². The summed E-state index contributed by atoms with van der Waals surface area (Å²) in [6, 6.07) is 16.3. The van der Waals surface area contributed by atoms with Crippen LogP contribution in [0.2, 0.25) is 0 Å². The summed E-state index contributed by atoms with van der Waals surface area (Å²) in [4.78, 5) is 47.0. The van der Waals surface area contributed by atoms with Crippen LogP contribution in [0.15, 0.2) is 102 Å². The Morgan fingerprint density at radius 1 is 0.918 bits per heavy atom. The number of carbonyl (C=O) groups is 2. The highest BCUT2D eigenvalue weighted by Crippen LogP contribution is 2.62. The Kier molecular flexibility index (Phi) is 22.5. The summed E-state index contributed by atoms with van der Waals surface area (Å²) in [5, 5.41) is 39.1. The maximum Gasteiger partial charge on any atom is 0.412 e. The number of ether oxygens (including phenoxy) is 3. The molecular formula is C58H77FN4O10. The molecule has 0 bridgehead atoms. The van der Waals surface area contributed by atoms with Gasteiger partial charge in [-0.3, -0.25) is 14.9 Å². The normalized spacial score (nSPS) is 21.4. The molecular weight excluding hydrogens is 932 g/mol. The molecule has 0 spiro atoms. The Labute approximate surface area is 430 Å². The van der Waals surface area contributed by atoms with Crippen molar-refractivity contribution in [2.24, 2.45) is 22.9 Å². The summed E-state index contributed by atoms with van der Waals surface area (Å²) in [6.07, 6.45) is 22.4. The SMILES string of the molecule is C=CCO[C@@]12Oc3ccc(OC(=O)NCCCCCCCCCCCC)cc3[C@H]3[C@H](CCCCO)[C@@H](CCCCO)C=C(C(=NOCC)C[C@@H]1N(Cc1ccc(F)cc1)C(=O)C=Cc1ccc([N+](=O)[O-])cc1)[C@H]32. The predicted octanol–water partition coefficient (Wildman–Crippen LogP) is 12.1. The number of nitrogens with one attached hydrogen (secondary N) is 1. The first-order valence-corrected chi connectivity index (χ1v) is 26.7. The molecule has 15 heteroatoms. The van der Waals surface area contributed by atoms with Gasteiger partial charge in [0.25, 0.3) is 5.69 Å². The van der Waals surface area contributed by atoms with E-state index in [1.807, 2.05) is 13.0 Å². The molecule has 0 radical (unpaired) electrons. The topological polar surface area (TPSA) is 182 Å². The van der Waals surface area contributed by atoms with Crippen LogP contribution in [0.1, 0.15) is 146 Å². The van der Waals surface area contributed by atoms with E-state index in [4.69, 9.17) is 24.2 Å². The lowest BCUT2D eigenvalue weighted by Crippen LogP contribution is -2.70. The number of hydrogen-bond donors (Lipinski definition) is 3. The van der Waals surface area contributed by atoms with E-state index < -0.39 is 40.5 Å². The Bertz CT molecular complexity index is 2340. The minimum atomic E-state index is -1.60. The first kappa shape index (κ1) is 56.4. The largest absolute Gasteiger partial charge is 0.459 e. The maximum atomic E-state index is 15.1. The van der Waals surface area contributed by atoms with Gasteiger partial charge in [-0.25, -0.2) is 9.18 Å². The highest BCUT2D eigenvalue weighted by Gasteiger charge is 2.65. The molecule has 0 saturated heterocycles. The van der Waals surface area contributed by atoms with E-state index in [0.717, 1.165) is 43.2 Å². The summed E-state index contributed by atoms with van der Waals surface area (Å²) in [7, 11) is 0. The first-order chi connectivity index (χ1) is 35.6. The second-order valence-corrected chi connectivity index (χ2v) is 19.5. The second kappa shape index (κ2) is 29.1. The Hall–Kier alpha value is -5.90. The van der Waals surface area contributed by atoms with Gasteiger partial charge in [0.05, 0.1) is 23.2 Å². The second-order valence-electron chi connectivity index (χ2n) is 19.5. The molecule has 1 heterocycles. The lowest BCUT2D eigenvalue weighted by Gasteiger charge is -2.60. The zero-order chi connectivity index (χ0) is 52.0. The number of nitro groups is 1. The molecule has 6 rings (SSSR count). The quantitative estimate of drug-likeness (QED) is 0.0184. The molecule has 1 fully saturated rings. The zero-order valence-corrected chi connectivity index (χ0v) is 42.9. The molecule has 396 valence electrons. The van der Waals surface area contributed by atoms with Crippen LogP contribution in [-0.4, -0.2) is 82.5 Å². The molecule has 0 unspecified atom stereocenters. The number of hydrogen-bond acceptors (Lipinski definition) is 11. The number of allylic oxidation sites excluding steroid dienone is 1. The molecule has 2 amide bonds. The van der Waals surface area contributed by atoms with Gasteiger partial charge in [-0.05, 0) is 116 Å². The van der Waals surface area contributed by atoms with Crippen LogP contribution in [0.3, 0.4) is 0 Å². The number of unbranched alkanes of at least 4 members (excludes halogenated alkanes) is 11. The summed E-state index contributed by atoms with van der Waals surface area (Å²) in [5.74, 6) is -2.76. The van der Waals surface area contributed by atoms with Crippen LogP contribution < -0.4 is 14.8 Å². The number of oxime groups is 1. The maximum absolute atomic E-state index is 15.1. The highest BCUT2D eigenvalue weighted by molar-refractivity contribution is 6.03. The lowest BCUT2D eigenvalue weighted by molar-refractivity contribution is -0.384. The van der Waals surface area contributed by atoms with E-state index >= 15 is 4.79 Å². The summed E-state index contributed by atoms with van der Waals surface area (Å²) >= 11 is 0. The first-order valence-electron chi connectivity index (χ1n) is 26.7. The van der Waals surface area contributed by atoms with Crippen LogP contribution in [0, 0.1) is 33.7 Å². The Morgan fingerprint density at radius 3 is 2.26 bits per heavy atom. The highest BCUT2D eigenvalue weighted by atomic mass is 19.1. The van der Waals surface area contributed by atoms with Crippen molar-refractivity contribution < 1.29 is 48.2 Å². The average molecular weight is 1010 g/mol. The molecule has 1 saturated carbocycles. The minimum Gasteiger partial charge on any atom is -0.459 e. The van der Waals surface area contributed by atoms with Gasteiger partial charge >= 0.3 is 6.09 Å². The number of aliphatic hydroxyl groups is 2. The number of fused-ring (bicyclic) bond motifs is 2. The molecule has 3 aromatic rings. The minimum absolute atomic E-state index is 0.00682. The van der Waals surface area contributed by atoms with E-state index in [9.17, 15) is 29.5 Å². The molecule has 1 aliphatic heterocycles. The monoisotopic (exact) mass is 1010 g/mol. The van der Waals surface area contributed by atoms with Gasteiger partial charge in [0.1, 0.15) is 30.0 Å². The number of nitro benzene ring substituents is 1. The number of halogens is 1. The number of aliphatic hydroxyl groups excluding tert-OH is 2. The van der Waals surface area contributed by atoms with Crippen LogP contribution in [0.25, 0.3) is 6.08 Å². The fourth-order valence-corrected chi connectivity index (χ4v) is 10.9. The van der Waals surface area contributed by atoms with Crippen LogP contribution in [-0.2, 0) is 20.9 Å². The van der Waals surface area contributed by atoms with Gasteiger partial charge in [-0.1, -0.05) is 107 Å². The number of nitrogens with zero attached hydrogens (tertiary/aromatic N) is 3. The van der Waals surface area contributed by atoms with Crippen molar-refractivity contribution in [3.05, 3.63) is 130 Å². The van der Waals surface area contributed by atoms with Crippen molar-refractivity contribution in [2.75, 3.05) is 33.0 Å². The van der Waals surface area contributed by atoms with Crippen LogP contribution in [0.5, 0.6) is 11.5 Å². The van der Waals surface area contributed by atoms with Crippen molar-refractivity contribution in [1.29, 1.82) is 0 Å². The number of non-ortho nitro benzene ring substituents is 1. The standard InChI is InChI=1S/C58H77FN4O10/c1-4-7-8-9-10-11-12-13-14-17-34-60-57(67)72-47-31-32-52-50(39-47)55-48(21-16-19-36-65)44(20-15-18-35-64)38-49-51(61-71-6-3)40-53(58(73-52,56(49)55)70-37-5-2)62(41-43-22-27-45(59)28-23-43)54(66)33-26-42-24-29-46(30-25-42)63(68)69/h5,22-33,38-39,44,48,53,55-56,64-65H,2,4,6-21,34-37,40-41H2,1,3H3,(H,60,67)/t44-,48+,53-,55+,56+,58+/m0/s1. The van der Waals surface area contributed by atoms with Crippen LogP contribution >= 0.6 is 0 Å². The van der Waals surface area contributed by atoms with Crippen molar-refractivity contribution in [1.82, 2.24) is 10.2 Å². The van der Waals surface area contributed by atoms with Gasteiger partial charge in [-0.2, -0.15) is 0 Å². The van der Waals surface area contributed by atoms with Gasteiger partial charge in [0.2, 0.25) is 11.7 Å². The molecule has 73 heavy (non-hydrogen) atoms. The van der Waals surface area contributed by atoms with Crippen molar-refractivity contribution in [3.8, 4) is 11.5 Å². The van der Waals surface area contributed by atoms with Crippen molar-refractivity contribution in [3.63, 3.8) is 0 Å². The molecule has 0 aromatic heterocycles. The number of amides is 2.